The van der Waals surface area contributed by atoms with E-state index in [9.17, 15) is 4.79 Å². The first-order chi connectivity index (χ1) is 7.77. The maximum absolute atomic E-state index is 11.3. The van der Waals surface area contributed by atoms with E-state index in [1.54, 1.807) is 17.4 Å². The predicted octanol–water partition coefficient (Wildman–Crippen LogP) is 3.15. The molecule has 0 bridgehead atoms. The Morgan fingerprint density at radius 3 is 2.56 bits per heavy atom. The minimum absolute atomic E-state index is 0.364. The fourth-order valence-corrected chi connectivity index (χ4v) is 3.16. The van der Waals surface area contributed by atoms with E-state index in [1.807, 2.05) is 24.3 Å². The fourth-order valence-electron chi connectivity index (χ4n) is 1.94. The third-order valence-corrected chi connectivity index (χ3v) is 3.89. The van der Waals surface area contributed by atoms with E-state index in [4.69, 9.17) is 5.73 Å². The highest BCUT2D eigenvalue weighted by Gasteiger charge is 2.10. The summed E-state index contributed by atoms with van der Waals surface area (Å²) in [5, 5.41) is 2.29. The molecule has 0 aliphatic carbocycles. The average Bonchev–Trinajstić information content (AvgIpc) is 2.67. The molecule has 0 aliphatic heterocycles. The van der Waals surface area contributed by atoms with Crippen LogP contribution in [-0.2, 0) is 0 Å². The monoisotopic (exact) mass is 227 g/mol. The molecular weight excluding hydrogens is 218 g/mol. The molecule has 2 aromatic carbocycles. The number of carbonyl (C=O) groups is 1. The van der Waals surface area contributed by atoms with Crippen LogP contribution in [0.5, 0.6) is 0 Å². The van der Waals surface area contributed by atoms with Gasteiger partial charge in [-0.1, -0.05) is 30.3 Å². The number of fused-ring (bicyclic) bond motifs is 3. The van der Waals surface area contributed by atoms with Crippen molar-refractivity contribution in [3.8, 4) is 0 Å². The molecule has 0 aliphatic rings. The van der Waals surface area contributed by atoms with E-state index in [1.165, 1.54) is 10.1 Å². The van der Waals surface area contributed by atoms with Crippen molar-refractivity contribution in [1.29, 1.82) is 0 Å². The Labute approximate surface area is 96.3 Å². The quantitative estimate of drug-likeness (QED) is 0.681. The third-order valence-electron chi connectivity index (χ3n) is 2.67. The van der Waals surface area contributed by atoms with Crippen LogP contribution in [0.4, 0.5) is 0 Å². The van der Waals surface area contributed by atoms with Gasteiger partial charge in [0.2, 0.25) is 5.91 Å². The molecule has 2 nitrogen and oxygen atoms in total. The van der Waals surface area contributed by atoms with Gasteiger partial charge < -0.3 is 5.73 Å². The van der Waals surface area contributed by atoms with Gasteiger partial charge in [0.25, 0.3) is 0 Å². The molecule has 1 heterocycles. The minimum atomic E-state index is -0.364. The van der Waals surface area contributed by atoms with Gasteiger partial charge >= 0.3 is 0 Å². The minimum Gasteiger partial charge on any atom is -0.366 e. The lowest BCUT2D eigenvalue weighted by Gasteiger charge is -1.96. The number of hydrogen-bond donors (Lipinski definition) is 1. The van der Waals surface area contributed by atoms with Gasteiger partial charge in [-0.3, -0.25) is 4.79 Å². The van der Waals surface area contributed by atoms with E-state index in [0.717, 1.165) is 10.1 Å². The molecular formula is C13H9NOS. The molecule has 3 heteroatoms. The molecule has 1 amide bonds. The van der Waals surface area contributed by atoms with Gasteiger partial charge in [-0.25, -0.2) is 0 Å². The first kappa shape index (κ1) is 9.36. The van der Waals surface area contributed by atoms with E-state index in [2.05, 4.69) is 12.1 Å². The third kappa shape index (κ3) is 1.22. The van der Waals surface area contributed by atoms with Crippen LogP contribution in [0.1, 0.15) is 10.4 Å². The maximum atomic E-state index is 11.3. The van der Waals surface area contributed by atoms with E-state index in [0.29, 0.717) is 5.56 Å². The summed E-state index contributed by atoms with van der Waals surface area (Å²) in [5.41, 5.74) is 5.98. The zero-order valence-corrected chi connectivity index (χ0v) is 9.25. The Morgan fingerprint density at radius 2 is 1.75 bits per heavy atom. The highest BCUT2D eigenvalue weighted by atomic mass is 32.1. The molecule has 0 fully saturated rings. The number of primary amides is 1. The number of nitrogens with two attached hydrogens (primary N) is 1. The Kier molecular flexibility index (Phi) is 1.94. The molecule has 3 aromatic rings. The summed E-state index contributed by atoms with van der Waals surface area (Å²) >= 11 is 1.62. The van der Waals surface area contributed by atoms with E-state index >= 15 is 0 Å². The first-order valence-corrected chi connectivity index (χ1v) is 5.79. The molecule has 0 unspecified atom stereocenters. The van der Waals surface area contributed by atoms with Gasteiger partial charge in [0, 0.05) is 20.2 Å². The smallest absolute Gasteiger partial charge is 0.250 e. The Morgan fingerprint density at radius 1 is 1.00 bits per heavy atom. The van der Waals surface area contributed by atoms with Crippen molar-refractivity contribution < 1.29 is 4.79 Å². The molecule has 0 saturated heterocycles. The van der Waals surface area contributed by atoms with Gasteiger partial charge in [-0.15, -0.1) is 11.3 Å². The van der Waals surface area contributed by atoms with Crippen molar-refractivity contribution in [2.45, 2.75) is 0 Å². The summed E-state index contributed by atoms with van der Waals surface area (Å²) < 4.78 is 2.17. The molecule has 78 valence electrons. The van der Waals surface area contributed by atoms with Crippen molar-refractivity contribution in [3.63, 3.8) is 0 Å². The largest absolute Gasteiger partial charge is 0.366 e. The van der Waals surface area contributed by atoms with Crippen LogP contribution in [0.3, 0.4) is 0 Å². The highest BCUT2D eigenvalue weighted by molar-refractivity contribution is 7.26. The lowest BCUT2D eigenvalue weighted by molar-refractivity contribution is 0.100. The Bertz CT molecular complexity index is 699. The van der Waals surface area contributed by atoms with Gasteiger partial charge in [0.1, 0.15) is 0 Å². The van der Waals surface area contributed by atoms with Crippen molar-refractivity contribution in [1.82, 2.24) is 0 Å². The second kappa shape index (κ2) is 3.32. The Hall–Kier alpha value is -1.87. The second-order valence-corrected chi connectivity index (χ2v) is 4.70. The number of amides is 1. The van der Waals surface area contributed by atoms with Crippen molar-refractivity contribution in [2.75, 3.05) is 0 Å². The SMILES string of the molecule is NC(=O)c1cccc2c1sc1ccccc12. The normalized spacial score (nSPS) is 11.0. The standard InChI is InChI=1S/C13H9NOS/c14-13(15)10-6-3-5-9-8-4-1-2-7-11(8)16-12(9)10/h1-7H,(H2,14,15). The number of hydrogen-bond acceptors (Lipinski definition) is 2. The fraction of sp³-hybridized carbons (Fsp3) is 0. The van der Waals surface area contributed by atoms with Crippen LogP contribution in [0.2, 0.25) is 0 Å². The summed E-state index contributed by atoms with van der Waals surface area (Å²) in [6, 6.07) is 13.8. The molecule has 0 saturated carbocycles. The first-order valence-electron chi connectivity index (χ1n) is 4.97. The predicted molar refractivity (Wildman–Crippen MR) is 67.8 cm³/mol. The highest BCUT2D eigenvalue weighted by Crippen LogP contribution is 2.35. The van der Waals surface area contributed by atoms with Crippen molar-refractivity contribution >= 4 is 37.4 Å². The van der Waals surface area contributed by atoms with Crippen LogP contribution in [-0.4, -0.2) is 5.91 Å². The molecule has 16 heavy (non-hydrogen) atoms. The van der Waals surface area contributed by atoms with Gasteiger partial charge in [-0.05, 0) is 12.1 Å². The van der Waals surface area contributed by atoms with Crippen LogP contribution in [0.15, 0.2) is 42.5 Å². The number of rotatable bonds is 1. The molecule has 3 rings (SSSR count). The van der Waals surface area contributed by atoms with E-state index < -0.39 is 0 Å². The summed E-state index contributed by atoms with van der Waals surface area (Å²) in [7, 11) is 0. The lowest BCUT2D eigenvalue weighted by atomic mass is 10.1. The summed E-state index contributed by atoms with van der Waals surface area (Å²) in [4.78, 5) is 11.3. The van der Waals surface area contributed by atoms with Crippen LogP contribution in [0.25, 0.3) is 20.2 Å². The molecule has 0 spiro atoms. The zero-order chi connectivity index (χ0) is 11.1. The Balaban J connectivity index is 2.54. The van der Waals surface area contributed by atoms with Gasteiger partial charge in [0.15, 0.2) is 0 Å². The summed E-state index contributed by atoms with van der Waals surface area (Å²) in [6.45, 7) is 0. The number of thiophene rings is 1. The van der Waals surface area contributed by atoms with Crippen LogP contribution >= 0.6 is 11.3 Å². The molecule has 0 atom stereocenters. The zero-order valence-electron chi connectivity index (χ0n) is 8.44. The summed E-state index contributed by atoms with van der Waals surface area (Å²) in [5.74, 6) is -0.364. The lowest BCUT2D eigenvalue weighted by Crippen LogP contribution is -2.10. The average molecular weight is 227 g/mol. The van der Waals surface area contributed by atoms with Crippen LogP contribution < -0.4 is 5.73 Å². The number of carbonyl (C=O) groups excluding carboxylic acids is 1. The summed E-state index contributed by atoms with van der Waals surface area (Å²) in [6.07, 6.45) is 0. The number of benzene rings is 2. The van der Waals surface area contributed by atoms with Gasteiger partial charge in [-0.2, -0.15) is 0 Å². The topological polar surface area (TPSA) is 43.1 Å². The van der Waals surface area contributed by atoms with Crippen molar-refractivity contribution in [2.24, 2.45) is 5.73 Å². The molecule has 0 radical (unpaired) electrons. The van der Waals surface area contributed by atoms with Crippen molar-refractivity contribution in [3.05, 3.63) is 48.0 Å². The maximum Gasteiger partial charge on any atom is 0.250 e. The van der Waals surface area contributed by atoms with Gasteiger partial charge in [0.05, 0.1) is 5.56 Å². The van der Waals surface area contributed by atoms with Crippen LogP contribution in [0, 0.1) is 0 Å². The molecule has 2 N–H and O–H groups in total. The van der Waals surface area contributed by atoms with E-state index in [-0.39, 0.29) is 5.91 Å². The second-order valence-electron chi connectivity index (χ2n) is 3.64. The molecule has 1 aromatic heterocycles.